The lowest BCUT2D eigenvalue weighted by molar-refractivity contribution is -0.143. The molecule has 0 bridgehead atoms. The minimum Gasteiger partial charge on any atom is -0.395 e. The number of piperazine rings is 1. The van der Waals surface area contributed by atoms with Crippen LogP contribution in [0.15, 0.2) is 36.5 Å². The van der Waals surface area contributed by atoms with Crippen LogP contribution in [0.1, 0.15) is 11.1 Å². The van der Waals surface area contributed by atoms with E-state index in [-0.39, 0.29) is 23.8 Å². The van der Waals surface area contributed by atoms with E-state index in [1.54, 1.807) is 6.07 Å². The van der Waals surface area contributed by atoms with Crippen LogP contribution >= 0.6 is 0 Å². The molecule has 1 aliphatic heterocycles. The van der Waals surface area contributed by atoms with Gasteiger partial charge in [0.25, 0.3) is 0 Å². The zero-order valence-corrected chi connectivity index (χ0v) is 15.3. The van der Waals surface area contributed by atoms with E-state index in [2.05, 4.69) is 9.88 Å². The van der Waals surface area contributed by atoms with Crippen LogP contribution in [-0.2, 0) is 12.4 Å². The Kier molecular flexibility index (Phi) is 6.04. The van der Waals surface area contributed by atoms with Gasteiger partial charge in [-0.25, -0.2) is 4.98 Å². The summed E-state index contributed by atoms with van der Waals surface area (Å²) in [5.41, 5.74) is -2.74. The number of anilines is 1. The number of alkyl halides is 6. The second kappa shape index (κ2) is 8.19. The molecule has 3 rings (SSSR count). The highest BCUT2D eigenvalue weighted by atomic mass is 19.4. The van der Waals surface area contributed by atoms with Crippen LogP contribution in [-0.4, -0.2) is 54.3 Å². The minimum absolute atomic E-state index is 0.0733. The van der Waals surface area contributed by atoms with Crippen LogP contribution in [0.3, 0.4) is 0 Å². The highest BCUT2D eigenvalue weighted by Crippen LogP contribution is 2.38. The van der Waals surface area contributed by atoms with Gasteiger partial charge in [-0.15, -0.1) is 0 Å². The molecule has 0 radical (unpaired) electrons. The zero-order chi connectivity index (χ0) is 21.2. The molecule has 158 valence electrons. The number of hydrogen-bond acceptors (Lipinski definition) is 4. The van der Waals surface area contributed by atoms with E-state index < -0.39 is 23.5 Å². The molecule has 0 spiro atoms. The summed E-state index contributed by atoms with van der Waals surface area (Å²) in [6, 6.07) is 4.55. The van der Waals surface area contributed by atoms with Crippen molar-refractivity contribution in [2.24, 2.45) is 0 Å². The van der Waals surface area contributed by atoms with Crippen molar-refractivity contribution in [2.45, 2.75) is 12.4 Å². The van der Waals surface area contributed by atoms with E-state index in [4.69, 9.17) is 5.11 Å². The number of halogens is 6. The third-order valence-electron chi connectivity index (χ3n) is 4.78. The molecule has 2 aromatic rings. The number of aliphatic hydroxyl groups excluding tert-OH is 1. The molecule has 1 N–H and O–H groups in total. The quantitative estimate of drug-likeness (QED) is 0.764. The summed E-state index contributed by atoms with van der Waals surface area (Å²) in [5, 5.41) is 8.97. The Morgan fingerprint density at radius 2 is 1.41 bits per heavy atom. The van der Waals surface area contributed by atoms with Gasteiger partial charge in [-0.1, -0.05) is 0 Å². The molecule has 10 heteroatoms. The molecule has 0 atom stereocenters. The molecule has 4 nitrogen and oxygen atoms in total. The highest BCUT2D eigenvalue weighted by molar-refractivity contribution is 5.66. The first-order chi connectivity index (χ1) is 13.6. The van der Waals surface area contributed by atoms with Crippen molar-refractivity contribution < 1.29 is 31.4 Å². The predicted octanol–water partition coefficient (Wildman–Crippen LogP) is 3.90. The Balaban J connectivity index is 1.84. The van der Waals surface area contributed by atoms with Crippen molar-refractivity contribution in [3.8, 4) is 11.1 Å². The molecule has 0 aliphatic carbocycles. The third-order valence-corrected chi connectivity index (χ3v) is 4.78. The summed E-state index contributed by atoms with van der Waals surface area (Å²) in [6.45, 7) is 3.43. The first kappa shape index (κ1) is 21.4. The number of β-amino-alcohol motifs (C(OH)–C–C–N with tert-alkyl or cyclic N) is 1. The van der Waals surface area contributed by atoms with Crippen molar-refractivity contribution in [3.05, 3.63) is 47.7 Å². The van der Waals surface area contributed by atoms with Gasteiger partial charge in [0.1, 0.15) is 5.82 Å². The van der Waals surface area contributed by atoms with Gasteiger partial charge in [0, 0.05) is 44.5 Å². The van der Waals surface area contributed by atoms with Crippen molar-refractivity contribution in [1.82, 2.24) is 9.88 Å². The monoisotopic (exact) mass is 419 g/mol. The van der Waals surface area contributed by atoms with Gasteiger partial charge in [0.2, 0.25) is 0 Å². The van der Waals surface area contributed by atoms with Crippen molar-refractivity contribution in [3.63, 3.8) is 0 Å². The van der Waals surface area contributed by atoms with Gasteiger partial charge in [-0.2, -0.15) is 26.3 Å². The van der Waals surface area contributed by atoms with Gasteiger partial charge in [0.05, 0.1) is 17.7 Å². The average molecular weight is 419 g/mol. The second-order valence-electron chi connectivity index (χ2n) is 6.75. The lowest BCUT2D eigenvalue weighted by atomic mass is 10.00. The molecular weight excluding hydrogens is 400 g/mol. The van der Waals surface area contributed by atoms with Crippen molar-refractivity contribution in [2.75, 3.05) is 44.2 Å². The number of hydrogen-bond donors (Lipinski definition) is 1. The molecule has 1 aliphatic rings. The topological polar surface area (TPSA) is 39.6 Å². The molecule has 1 aromatic heterocycles. The standard InChI is InChI=1S/C19H19F6N3O/c20-18(21,22)15-9-14(10-16(11-15)19(23,24)25)13-1-2-17(26-12-13)28-5-3-27(4-6-28)7-8-29/h1-2,9-12,29H,3-8H2. The third kappa shape index (κ3) is 5.18. The maximum atomic E-state index is 13.0. The highest BCUT2D eigenvalue weighted by Gasteiger charge is 2.37. The first-order valence-electron chi connectivity index (χ1n) is 8.92. The Labute approximate surface area is 163 Å². The van der Waals surface area contributed by atoms with Crippen molar-refractivity contribution >= 4 is 5.82 Å². The first-order valence-corrected chi connectivity index (χ1v) is 8.92. The Morgan fingerprint density at radius 1 is 0.828 bits per heavy atom. The van der Waals surface area contributed by atoms with Gasteiger partial charge in [-0.05, 0) is 35.9 Å². The molecule has 1 aromatic carbocycles. The zero-order valence-electron chi connectivity index (χ0n) is 15.3. The van der Waals surface area contributed by atoms with Gasteiger partial charge >= 0.3 is 12.4 Å². The molecule has 0 saturated carbocycles. The van der Waals surface area contributed by atoms with E-state index in [0.717, 1.165) is 13.1 Å². The summed E-state index contributed by atoms with van der Waals surface area (Å²) < 4.78 is 78.2. The summed E-state index contributed by atoms with van der Waals surface area (Å²) >= 11 is 0. The van der Waals surface area contributed by atoms with E-state index >= 15 is 0 Å². The number of aliphatic hydroxyl groups is 1. The number of aromatic nitrogens is 1. The van der Waals surface area contributed by atoms with E-state index in [1.165, 1.54) is 12.3 Å². The smallest absolute Gasteiger partial charge is 0.395 e. The fourth-order valence-corrected chi connectivity index (χ4v) is 3.21. The van der Waals surface area contributed by atoms with E-state index in [9.17, 15) is 26.3 Å². The molecular formula is C19H19F6N3O. The Hall–Kier alpha value is -2.33. The number of rotatable bonds is 4. The molecule has 1 saturated heterocycles. The van der Waals surface area contributed by atoms with Crippen molar-refractivity contribution in [1.29, 1.82) is 0 Å². The summed E-state index contributed by atoms with van der Waals surface area (Å²) in [5.74, 6) is 0.598. The van der Waals surface area contributed by atoms with Crippen LogP contribution in [0.2, 0.25) is 0 Å². The molecule has 1 fully saturated rings. The molecule has 2 heterocycles. The van der Waals surface area contributed by atoms with E-state index in [1.807, 2.05) is 4.90 Å². The van der Waals surface area contributed by atoms with Gasteiger partial charge < -0.3 is 10.0 Å². The Bertz CT molecular complexity index is 795. The van der Waals surface area contributed by atoms with Crippen LogP contribution in [0.5, 0.6) is 0 Å². The maximum absolute atomic E-state index is 13.0. The number of benzene rings is 1. The normalized spacial score (nSPS) is 16.3. The van der Waals surface area contributed by atoms with E-state index in [0.29, 0.717) is 37.6 Å². The van der Waals surface area contributed by atoms with Gasteiger partial charge in [-0.3, -0.25) is 4.90 Å². The fourth-order valence-electron chi connectivity index (χ4n) is 3.21. The summed E-state index contributed by atoms with van der Waals surface area (Å²) in [6.07, 6.45) is -8.50. The maximum Gasteiger partial charge on any atom is 0.416 e. The lowest BCUT2D eigenvalue weighted by Crippen LogP contribution is -2.47. The molecule has 29 heavy (non-hydrogen) atoms. The summed E-state index contributed by atoms with van der Waals surface area (Å²) in [7, 11) is 0. The SMILES string of the molecule is OCCN1CCN(c2ccc(-c3cc(C(F)(F)F)cc(C(F)(F)F)c3)cn2)CC1. The predicted molar refractivity (Wildman–Crippen MR) is 95.4 cm³/mol. The lowest BCUT2D eigenvalue weighted by Gasteiger charge is -2.35. The molecule has 0 amide bonds. The largest absolute Gasteiger partial charge is 0.416 e. The van der Waals surface area contributed by atoms with Gasteiger partial charge in [0.15, 0.2) is 0 Å². The van der Waals surface area contributed by atoms with Crippen LogP contribution < -0.4 is 4.90 Å². The number of nitrogens with zero attached hydrogens (tertiary/aromatic N) is 3. The summed E-state index contributed by atoms with van der Waals surface area (Å²) in [4.78, 5) is 8.30. The van der Waals surface area contributed by atoms with Crippen LogP contribution in [0.25, 0.3) is 11.1 Å². The average Bonchev–Trinajstić information content (AvgIpc) is 2.67. The minimum atomic E-state index is -4.89. The Morgan fingerprint density at radius 3 is 1.86 bits per heavy atom. The molecule has 0 unspecified atom stereocenters. The second-order valence-corrected chi connectivity index (χ2v) is 6.75. The number of pyridine rings is 1. The fraction of sp³-hybridized carbons (Fsp3) is 0.421. The van der Waals surface area contributed by atoms with Crippen LogP contribution in [0, 0.1) is 0 Å². The van der Waals surface area contributed by atoms with Crippen LogP contribution in [0.4, 0.5) is 32.2 Å².